The summed E-state index contributed by atoms with van der Waals surface area (Å²) in [6.07, 6.45) is 3.10. The summed E-state index contributed by atoms with van der Waals surface area (Å²) >= 11 is 5.92. The molecule has 0 bridgehead atoms. The predicted octanol–water partition coefficient (Wildman–Crippen LogP) is 4.65. The smallest absolute Gasteiger partial charge is 0.264 e. The number of amides is 1. The molecule has 8 nitrogen and oxygen atoms in total. The Hall–Kier alpha value is -3.82. The molecule has 0 spiro atoms. The molecule has 0 atom stereocenters. The van der Waals surface area contributed by atoms with Crippen LogP contribution in [0.5, 0.6) is 11.5 Å². The lowest BCUT2D eigenvalue weighted by molar-refractivity contribution is -0.119. The number of halogens is 1. The second-order valence-corrected chi connectivity index (χ2v) is 9.65. The zero-order valence-corrected chi connectivity index (χ0v) is 21.2. The van der Waals surface area contributed by atoms with Crippen molar-refractivity contribution in [3.05, 3.63) is 96.0 Å². The molecule has 36 heavy (non-hydrogen) atoms. The summed E-state index contributed by atoms with van der Waals surface area (Å²) in [5, 5.41) is 4.34. The maximum Gasteiger partial charge on any atom is 0.264 e. The van der Waals surface area contributed by atoms with E-state index >= 15 is 0 Å². The minimum absolute atomic E-state index is 0.00384. The van der Waals surface area contributed by atoms with E-state index in [1.54, 1.807) is 54.6 Å². The van der Waals surface area contributed by atoms with Crippen LogP contribution in [-0.2, 0) is 14.8 Å². The number of carbonyl (C=O) groups excluding carboxylic acids is 1. The lowest BCUT2D eigenvalue weighted by Gasteiger charge is -2.24. The highest BCUT2D eigenvalue weighted by atomic mass is 35.5. The van der Waals surface area contributed by atoms with Crippen molar-refractivity contribution < 1.29 is 22.7 Å². The third kappa shape index (κ3) is 7.34. The standard InChI is InChI=1S/C26H26ClN3O5S/c1-3-17-35-24-11-5-20(6-12-24)18-28-29-26(31)19-30(22-9-13-23(14-10-22)34-4-2)36(32,33)25-15-7-21(27)8-16-25/h3,5-16,18H,1,4,17,19H2,2H3,(H,29,31)/b28-18-. The number of hydrazone groups is 1. The number of carbonyl (C=O) groups is 1. The predicted molar refractivity (Wildman–Crippen MR) is 141 cm³/mol. The van der Waals surface area contributed by atoms with Gasteiger partial charge in [-0.1, -0.05) is 24.3 Å². The number of nitrogens with zero attached hydrogens (tertiary/aromatic N) is 2. The van der Waals surface area contributed by atoms with Gasteiger partial charge in [0.2, 0.25) is 0 Å². The molecule has 0 aliphatic rings. The molecule has 0 aliphatic carbocycles. The molecule has 0 radical (unpaired) electrons. The zero-order chi connectivity index (χ0) is 26.0. The van der Waals surface area contributed by atoms with Crippen molar-refractivity contribution in [3.8, 4) is 11.5 Å². The molecule has 0 aliphatic heterocycles. The number of ether oxygens (including phenoxy) is 2. The van der Waals surface area contributed by atoms with Gasteiger partial charge in [-0.05, 0) is 85.3 Å². The van der Waals surface area contributed by atoms with Crippen LogP contribution in [0.25, 0.3) is 0 Å². The molecule has 3 rings (SSSR count). The second-order valence-electron chi connectivity index (χ2n) is 7.35. The molecule has 3 aromatic carbocycles. The van der Waals surface area contributed by atoms with E-state index in [1.165, 1.54) is 30.5 Å². The van der Waals surface area contributed by atoms with E-state index in [0.717, 1.165) is 9.87 Å². The summed E-state index contributed by atoms with van der Waals surface area (Å²) < 4.78 is 38.7. The van der Waals surface area contributed by atoms with E-state index < -0.39 is 22.5 Å². The lowest BCUT2D eigenvalue weighted by Crippen LogP contribution is -2.39. The van der Waals surface area contributed by atoms with Crippen molar-refractivity contribution in [3.63, 3.8) is 0 Å². The van der Waals surface area contributed by atoms with Gasteiger partial charge in [0.05, 0.1) is 23.4 Å². The second kappa shape index (κ2) is 12.8. The summed E-state index contributed by atoms with van der Waals surface area (Å²) in [4.78, 5) is 12.7. The largest absolute Gasteiger partial charge is 0.494 e. The van der Waals surface area contributed by atoms with E-state index in [9.17, 15) is 13.2 Å². The van der Waals surface area contributed by atoms with Crippen LogP contribution < -0.4 is 19.2 Å². The van der Waals surface area contributed by atoms with Crippen molar-refractivity contribution in [1.29, 1.82) is 0 Å². The van der Waals surface area contributed by atoms with Crippen LogP contribution in [-0.4, -0.2) is 40.3 Å². The first-order valence-electron chi connectivity index (χ1n) is 11.0. The van der Waals surface area contributed by atoms with Crippen molar-refractivity contribution in [2.45, 2.75) is 11.8 Å². The third-order valence-electron chi connectivity index (χ3n) is 4.78. The first-order chi connectivity index (χ1) is 17.3. The van der Waals surface area contributed by atoms with Gasteiger partial charge >= 0.3 is 0 Å². The Morgan fingerprint density at radius 2 is 1.61 bits per heavy atom. The fourth-order valence-corrected chi connectivity index (χ4v) is 4.62. The average molecular weight is 528 g/mol. The Morgan fingerprint density at radius 1 is 1.00 bits per heavy atom. The average Bonchev–Trinajstić information content (AvgIpc) is 2.88. The van der Waals surface area contributed by atoms with Gasteiger partial charge in [0, 0.05) is 5.02 Å². The topological polar surface area (TPSA) is 97.3 Å². The van der Waals surface area contributed by atoms with Crippen molar-refractivity contribution in [1.82, 2.24) is 5.43 Å². The van der Waals surface area contributed by atoms with Crippen LogP contribution in [0, 0.1) is 0 Å². The Labute approximate surface area is 215 Å². The Morgan fingerprint density at radius 3 is 2.22 bits per heavy atom. The molecule has 0 aromatic heterocycles. The number of sulfonamides is 1. The molecule has 0 fully saturated rings. The highest BCUT2D eigenvalue weighted by Gasteiger charge is 2.27. The molecule has 1 amide bonds. The van der Waals surface area contributed by atoms with Crippen LogP contribution >= 0.6 is 11.6 Å². The van der Waals surface area contributed by atoms with Crippen LogP contribution in [0.15, 0.2) is 95.4 Å². The Kier molecular flexibility index (Phi) is 9.49. The fourth-order valence-electron chi connectivity index (χ4n) is 3.07. The number of rotatable bonds is 12. The van der Waals surface area contributed by atoms with Gasteiger partial charge in [0.15, 0.2) is 0 Å². The monoisotopic (exact) mass is 527 g/mol. The van der Waals surface area contributed by atoms with Gasteiger partial charge in [-0.15, -0.1) is 0 Å². The number of hydrogen-bond acceptors (Lipinski definition) is 6. The Bertz CT molecular complexity index is 1290. The minimum Gasteiger partial charge on any atom is -0.494 e. The van der Waals surface area contributed by atoms with Crippen LogP contribution in [0.3, 0.4) is 0 Å². The van der Waals surface area contributed by atoms with Gasteiger partial charge in [0.1, 0.15) is 24.7 Å². The maximum atomic E-state index is 13.4. The van der Waals surface area contributed by atoms with Crippen molar-refractivity contribution in [2.75, 3.05) is 24.1 Å². The summed E-state index contributed by atoms with van der Waals surface area (Å²) in [6, 6.07) is 19.2. The zero-order valence-electron chi connectivity index (χ0n) is 19.6. The maximum absolute atomic E-state index is 13.4. The molecule has 0 saturated carbocycles. The summed E-state index contributed by atoms with van der Waals surface area (Å²) in [5.74, 6) is 0.637. The minimum atomic E-state index is -4.08. The normalized spacial score (nSPS) is 11.2. The van der Waals surface area contributed by atoms with E-state index in [1.807, 2.05) is 6.92 Å². The molecule has 0 saturated heterocycles. The van der Waals surface area contributed by atoms with Gasteiger partial charge in [-0.2, -0.15) is 5.10 Å². The highest BCUT2D eigenvalue weighted by Crippen LogP contribution is 2.26. The van der Waals surface area contributed by atoms with Crippen molar-refractivity contribution in [2.24, 2.45) is 5.10 Å². The molecule has 0 unspecified atom stereocenters. The number of benzene rings is 3. The molecule has 10 heteroatoms. The lowest BCUT2D eigenvalue weighted by atomic mass is 10.2. The number of nitrogens with one attached hydrogen (secondary N) is 1. The van der Waals surface area contributed by atoms with Crippen LogP contribution in [0.4, 0.5) is 5.69 Å². The summed E-state index contributed by atoms with van der Waals surface area (Å²) in [7, 11) is -4.08. The van der Waals surface area contributed by atoms with E-state index in [4.69, 9.17) is 21.1 Å². The first-order valence-corrected chi connectivity index (χ1v) is 12.8. The highest BCUT2D eigenvalue weighted by molar-refractivity contribution is 7.92. The molecule has 1 N–H and O–H groups in total. The van der Waals surface area contributed by atoms with Crippen molar-refractivity contribution >= 4 is 39.4 Å². The van der Waals surface area contributed by atoms with E-state index in [0.29, 0.717) is 35.4 Å². The van der Waals surface area contributed by atoms with Gasteiger partial charge < -0.3 is 9.47 Å². The fraction of sp³-hybridized carbons (Fsp3) is 0.154. The van der Waals surface area contributed by atoms with Gasteiger partial charge in [0.25, 0.3) is 15.9 Å². The first kappa shape index (κ1) is 26.8. The Balaban J connectivity index is 1.77. The molecule has 0 heterocycles. The molecular weight excluding hydrogens is 502 g/mol. The number of anilines is 1. The summed E-state index contributed by atoms with van der Waals surface area (Å²) in [6.45, 7) is 5.82. The van der Waals surface area contributed by atoms with Crippen LogP contribution in [0.1, 0.15) is 12.5 Å². The molecule has 3 aromatic rings. The van der Waals surface area contributed by atoms with Gasteiger partial charge in [-0.25, -0.2) is 13.8 Å². The van der Waals surface area contributed by atoms with E-state index in [-0.39, 0.29) is 4.90 Å². The van der Waals surface area contributed by atoms with Gasteiger partial charge in [-0.3, -0.25) is 9.10 Å². The third-order valence-corrected chi connectivity index (χ3v) is 6.82. The quantitative estimate of drug-likeness (QED) is 0.210. The number of hydrogen-bond donors (Lipinski definition) is 1. The molecular formula is C26H26ClN3O5S. The SMILES string of the molecule is C=CCOc1ccc(/C=N\NC(=O)CN(c2ccc(OCC)cc2)S(=O)(=O)c2ccc(Cl)cc2)cc1. The molecule has 188 valence electrons. The van der Waals surface area contributed by atoms with E-state index in [2.05, 4.69) is 17.1 Å². The summed E-state index contributed by atoms with van der Waals surface area (Å²) in [5.41, 5.74) is 3.39. The van der Waals surface area contributed by atoms with Crippen LogP contribution in [0.2, 0.25) is 5.02 Å².